The van der Waals surface area contributed by atoms with E-state index in [1.54, 1.807) is 0 Å². The molecule has 3 heteroatoms. The number of benzene rings is 1. The van der Waals surface area contributed by atoms with Gasteiger partial charge in [0.1, 0.15) is 5.82 Å². The van der Waals surface area contributed by atoms with Crippen molar-refractivity contribution in [1.82, 2.24) is 0 Å². The van der Waals surface area contributed by atoms with E-state index < -0.39 is 0 Å². The van der Waals surface area contributed by atoms with E-state index in [4.69, 9.17) is 0 Å². The van der Waals surface area contributed by atoms with Crippen LogP contribution in [0.3, 0.4) is 0 Å². The number of halogens is 1. The molecule has 11 heavy (non-hydrogen) atoms. The van der Waals surface area contributed by atoms with Gasteiger partial charge in [0.05, 0.1) is 0 Å². The van der Waals surface area contributed by atoms with E-state index in [-0.39, 0.29) is 11.7 Å². The van der Waals surface area contributed by atoms with Crippen LogP contribution in [-0.2, 0) is 4.79 Å². The lowest BCUT2D eigenvalue weighted by molar-refractivity contribution is -0.114. The third-order valence-electron chi connectivity index (χ3n) is 1.09. The maximum absolute atomic E-state index is 12.3. The van der Waals surface area contributed by atoms with Crippen LogP contribution >= 0.6 is 0 Å². The third-order valence-corrected chi connectivity index (χ3v) is 1.09. The molecule has 0 saturated heterocycles. The molecule has 1 aromatic rings. The lowest BCUT2D eigenvalue weighted by Crippen LogP contribution is -2.05. The van der Waals surface area contributed by atoms with Gasteiger partial charge in [0.25, 0.3) is 0 Å². The summed E-state index contributed by atoms with van der Waals surface area (Å²) in [7, 11) is 0. The monoisotopic (exact) mass is 152 g/mol. The molecular weight excluding hydrogens is 145 g/mol. The normalized spacial score (nSPS) is 9.27. The molecule has 0 heterocycles. The molecule has 0 fully saturated rings. The first-order chi connectivity index (χ1) is 5.18. The largest absolute Gasteiger partial charge is 0.326 e. The maximum Gasteiger partial charge on any atom is 0.221 e. The first-order valence-electron chi connectivity index (χ1n) is 3.13. The van der Waals surface area contributed by atoms with E-state index >= 15 is 0 Å². The van der Waals surface area contributed by atoms with Crippen molar-refractivity contribution in [1.29, 1.82) is 0 Å². The molecule has 0 spiro atoms. The van der Waals surface area contributed by atoms with Gasteiger partial charge >= 0.3 is 0 Å². The van der Waals surface area contributed by atoms with Crippen molar-refractivity contribution >= 4 is 11.6 Å². The van der Waals surface area contributed by atoms with Crippen molar-refractivity contribution in [3.8, 4) is 0 Å². The van der Waals surface area contributed by atoms with Crippen LogP contribution in [0.15, 0.2) is 18.2 Å². The molecule has 0 aliphatic carbocycles. The molecule has 0 aliphatic heterocycles. The van der Waals surface area contributed by atoms with Crippen LogP contribution in [0.2, 0.25) is 0 Å². The quantitative estimate of drug-likeness (QED) is 0.650. The zero-order chi connectivity index (χ0) is 8.27. The lowest BCUT2D eigenvalue weighted by atomic mass is 10.3. The standard InChI is InChI=1S/C8H7FNO/c1-6(11)10-8-4-2-7(9)3-5-8/h2-4H,1H3,(H,10,11). The maximum atomic E-state index is 12.3. The molecule has 1 rings (SSSR count). The summed E-state index contributed by atoms with van der Waals surface area (Å²) in [5, 5.41) is 2.47. The molecule has 57 valence electrons. The molecule has 0 aromatic heterocycles. The minimum atomic E-state index is -0.362. The Balaban J connectivity index is 2.74. The molecule has 0 saturated carbocycles. The van der Waals surface area contributed by atoms with E-state index in [1.165, 1.54) is 25.1 Å². The topological polar surface area (TPSA) is 29.1 Å². The van der Waals surface area contributed by atoms with Gasteiger partial charge < -0.3 is 5.32 Å². The summed E-state index contributed by atoms with van der Waals surface area (Å²) in [5.74, 6) is -0.549. The van der Waals surface area contributed by atoms with E-state index in [9.17, 15) is 9.18 Å². The zero-order valence-electron chi connectivity index (χ0n) is 6.02. The first-order valence-corrected chi connectivity index (χ1v) is 3.13. The van der Waals surface area contributed by atoms with Crippen molar-refractivity contribution in [3.63, 3.8) is 0 Å². The zero-order valence-corrected chi connectivity index (χ0v) is 6.02. The minimum Gasteiger partial charge on any atom is -0.326 e. The number of carbonyl (C=O) groups excluding carboxylic acids is 1. The summed E-state index contributed by atoms with van der Waals surface area (Å²) >= 11 is 0. The Kier molecular flexibility index (Phi) is 2.21. The molecule has 0 atom stereocenters. The van der Waals surface area contributed by atoms with Gasteiger partial charge in [-0.3, -0.25) is 4.79 Å². The number of anilines is 1. The summed E-state index contributed by atoms with van der Waals surface area (Å²) in [5.41, 5.74) is 0.485. The van der Waals surface area contributed by atoms with E-state index in [0.29, 0.717) is 5.69 Å². The molecule has 0 bridgehead atoms. The molecule has 0 aliphatic rings. The van der Waals surface area contributed by atoms with Gasteiger partial charge in [0.2, 0.25) is 5.91 Å². The van der Waals surface area contributed by atoms with Crippen LogP contribution in [0.4, 0.5) is 10.1 Å². The summed E-state index contributed by atoms with van der Waals surface area (Å²) in [6.07, 6.45) is 0. The summed E-state index contributed by atoms with van der Waals surface area (Å²) in [4.78, 5) is 10.5. The smallest absolute Gasteiger partial charge is 0.221 e. The third kappa shape index (κ3) is 2.37. The van der Waals surface area contributed by atoms with Crippen molar-refractivity contribution in [3.05, 3.63) is 30.1 Å². The first kappa shape index (κ1) is 7.72. The molecule has 1 amide bonds. The van der Waals surface area contributed by atoms with E-state index in [2.05, 4.69) is 11.4 Å². The van der Waals surface area contributed by atoms with Gasteiger partial charge in [-0.15, -0.1) is 0 Å². The highest BCUT2D eigenvalue weighted by atomic mass is 19.1. The van der Waals surface area contributed by atoms with Gasteiger partial charge in [-0.25, -0.2) is 4.39 Å². The van der Waals surface area contributed by atoms with E-state index in [1.807, 2.05) is 0 Å². The Bertz CT molecular complexity index is 255. The summed E-state index contributed by atoms with van der Waals surface area (Å²) in [6, 6.07) is 6.45. The number of nitrogens with one attached hydrogen (secondary N) is 1. The number of carbonyl (C=O) groups is 1. The Hall–Kier alpha value is -1.38. The number of hydrogen-bond donors (Lipinski definition) is 1. The van der Waals surface area contributed by atoms with Crippen LogP contribution < -0.4 is 5.32 Å². The second-order valence-electron chi connectivity index (χ2n) is 2.10. The van der Waals surface area contributed by atoms with Crippen molar-refractivity contribution in [2.24, 2.45) is 0 Å². The van der Waals surface area contributed by atoms with Crippen LogP contribution in [0.5, 0.6) is 0 Å². The van der Waals surface area contributed by atoms with Crippen LogP contribution in [0.25, 0.3) is 0 Å². The van der Waals surface area contributed by atoms with Crippen molar-refractivity contribution < 1.29 is 9.18 Å². The fourth-order valence-corrected chi connectivity index (χ4v) is 0.673. The fraction of sp³-hybridized carbons (Fsp3) is 0.125. The number of amides is 1. The van der Waals surface area contributed by atoms with Crippen LogP contribution in [-0.4, -0.2) is 5.91 Å². The molecule has 1 radical (unpaired) electrons. The van der Waals surface area contributed by atoms with Crippen LogP contribution in [0.1, 0.15) is 6.92 Å². The summed E-state index contributed by atoms with van der Waals surface area (Å²) in [6.45, 7) is 1.39. The second-order valence-corrected chi connectivity index (χ2v) is 2.10. The van der Waals surface area contributed by atoms with Crippen LogP contribution in [0, 0.1) is 11.9 Å². The molecule has 2 nitrogen and oxygen atoms in total. The lowest BCUT2D eigenvalue weighted by Gasteiger charge is -1.98. The number of hydrogen-bond acceptors (Lipinski definition) is 1. The van der Waals surface area contributed by atoms with Crippen molar-refractivity contribution in [2.45, 2.75) is 6.92 Å². The highest BCUT2D eigenvalue weighted by Crippen LogP contribution is 2.06. The van der Waals surface area contributed by atoms with Gasteiger partial charge in [0.15, 0.2) is 0 Å². The predicted octanol–water partition coefficient (Wildman–Crippen LogP) is 1.58. The summed E-state index contributed by atoms with van der Waals surface area (Å²) < 4.78 is 12.3. The predicted molar refractivity (Wildman–Crippen MR) is 39.5 cm³/mol. The highest BCUT2D eigenvalue weighted by molar-refractivity contribution is 5.88. The Morgan fingerprint density at radius 3 is 2.82 bits per heavy atom. The number of rotatable bonds is 1. The Morgan fingerprint density at radius 1 is 1.64 bits per heavy atom. The molecule has 1 aromatic carbocycles. The van der Waals surface area contributed by atoms with Gasteiger partial charge in [-0.1, -0.05) is 0 Å². The minimum absolute atomic E-state index is 0.187. The van der Waals surface area contributed by atoms with E-state index in [0.717, 1.165) is 0 Å². The fourth-order valence-electron chi connectivity index (χ4n) is 0.673. The Labute approximate surface area is 64.0 Å². The average molecular weight is 152 g/mol. The van der Waals surface area contributed by atoms with Gasteiger partial charge in [-0.2, -0.15) is 0 Å². The molecular formula is C8H7FNO. The van der Waals surface area contributed by atoms with Gasteiger partial charge in [-0.05, 0) is 18.2 Å². The van der Waals surface area contributed by atoms with Crippen molar-refractivity contribution in [2.75, 3.05) is 5.32 Å². The highest BCUT2D eigenvalue weighted by Gasteiger charge is 1.94. The average Bonchev–Trinajstić information content (AvgIpc) is 1.93. The van der Waals surface area contributed by atoms with Gasteiger partial charge in [0, 0.05) is 18.7 Å². The molecule has 1 N–H and O–H groups in total. The Morgan fingerprint density at radius 2 is 2.36 bits per heavy atom. The SMILES string of the molecule is CC(=O)Nc1[c]cc(F)cc1. The molecule has 0 unspecified atom stereocenters. The second kappa shape index (κ2) is 3.14.